The summed E-state index contributed by atoms with van der Waals surface area (Å²) in [5, 5.41) is 7.50. The van der Waals surface area contributed by atoms with Crippen molar-refractivity contribution in [2.24, 2.45) is 5.92 Å². The molecule has 1 aliphatic heterocycles. The lowest BCUT2D eigenvalue weighted by atomic mass is 9.98. The van der Waals surface area contributed by atoms with E-state index in [1.54, 1.807) is 30.0 Å². The van der Waals surface area contributed by atoms with Crippen LogP contribution in [0.3, 0.4) is 0 Å². The van der Waals surface area contributed by atoms with Crippen LogP contribution in [0.2, 0.25) is 0 Å². The number of carbonyl (C=O) groups is 2. The Kier molecular flexibility index (Phi) is 6.54. The molecular weight excluding hydrogens is 439 g/mol. The molecule has 0 saturated carbocycles. The van der Waals surface area contributed by atoms with Gasteiger partial charge >= 0.3 is 6.09 Å². The number of halogens is 1. The molecule has 2 aromatic heterocycles. The van der Waals surface area contributed by atoms with E-state index in [2.05, 4.69) is 15.5 Å². The lowest BCUT2D eigenvalue weighted by Gasteiger charge is -2.34. The Balaban J connectivity index is 1.50. The molecule has 2 amide bonds. The first kappa shape index (κ1) is 23.7. The molecule has 1 fully saturated rings. The van der Waals surface area contributed by atoms with Crippen molar-refractivity contribution in [2.45, 2.75) is 46.1 Å². The smallest absolute Gasteiger partial charge is 0.410 e. The number of amides is 2. The highest BCUT2D eigenvalue weighted by atomic mass is 19.1. The van der Waals surface area contributed by atoms with Crippen molar-refractivity contribution in [3.05, 3.63) is 47.4 Å². The number of piperidine rings is 1. The number of carbonyl (C=O) groups excluding carboxylic acids is 2. The van der Waals surface area contributed by atoms with Crippen LogP contribution in [0, 0.1) is 18.7 Å². The van der Waals surface area contributed by atoms with Gasteiger partial charge in [-0.05, 0) is 76.8 Å². The first-order valence-electron chi connectivity index (χ1n) is 11.4. The maximum Gasteiger partial charge on any atom is 0.410 e. The molecule has 0 spiro atoms. The topological polar surface area (TPSA) is 97.6 Å². The van der Waals surface area contributed by atoms with Crippen LogP contribution in [0.15, 0.2) is 34.9 Å². The molecule has 1 unspecified atom stereocenters. The van der Waals surface area contributed by atoms with E-state index >= 15 is 0 Å². The van der Waals surface area contributed by atoms with Crippen molar-refractivity contribution >= 4 is 23.1 Å². The zero-order valence-electron chi connectivity index (χ0n) is 19.9. The fourth-order valence-electron chi connectivity index (χ4n) is 4.10. The van der Waals surface area contributed by atoms with Gasteiger partial charge in [0.2, 0.25) is 0 Å². The fourth-order valence-corrected chi connectivity index (χ4v) is 4.10. The van der Waals surface area contributed by atoms with Crippen LogP contribution in [-0.2, 0) is 4.74 Å². The first-order chi connectivity index (χ1) is 16.1. The summed E-state index contributed by atoms with van der Waals surface area (Å²) in [6, 6.07) is 7.55. The van der Waals surface area contributed by atoms with Gasteiger partial charge in [-0.3, -0.25) is 4.79 Å². The summed E-state index contributed by atoms with van der Waals surface area (Å²) in [6.45, 7) is 8.86. The minimum atomic E-state index is -0.552. The van der Waals surface area contributed by atoms with E-state index in [1.807, 2.05) is 20.8 Å². The van der Waals surface area contributed by atoms with Gasteiger partial charge in [0.05, 0.1) is 22.3 Å². The highest BCUT2D eigenvalue weighted by Crippen LogP contribution is 2.27. The molecule has 34 heavy (non-hydrogen) atoms. The summed E-state index contributed by atoms with van der Waals surface area (Å²) >= 11 is 0. The van der Waals surface area contributed by atoms with Crippen LogP contribution in [-0.4, -0.2) is 52.3 Å². The lowest BCUT2D eigenvalue weighted by molar-refractivity contribution is 0.0167. The quantitative estimate of drug-likeness (QED) is 0.595. The number of aryl methyl sites for hydroxylation is 1. The third kappa shape index (κ3) is 5.35. The third-order valence-electron chi connectivity index (χ3n) is 5.72. The van der Waals surface area contributed by atoms with Crippen LogP contribution in [0.25, 0.3) is 22.4 Å². The van der Waals surface area contributed by atoms with Crippen LogP contribution < -0.4 is 5.32 Å². The van der Waals surface area contributed by atoms with Crippen molar-refractivity contribution in [1.29, 1.82) is 0 Å². The Morgan fingerprint density at radius 3 is 2.71 bits per heavy atom. The zero-order chi connectivity index (χ0) is 24.5. The van der Waals surface area contributed by atoms with E-state index in [0.29, 0.717) is 47.5 Å². The zero-order valence-corrected chi connectivity index (χ0v) is 19.9. The molecule has 1 atom stereocenters. The number of fused-ring (bicyclic) bond motifs is 1. The molecule has 3 aromatic rings. The second-order valence-corrected chi connectivity index (χ2v) is 9.65. The standard InChI is InChI=1S/C25H29FN4O4/c1-15-21-19(12-20(28-23(21)34-29-15)17-7-9-18(26)10-8-17)22(31)27-13-16-6-5-11-30(14-16)24(32)33-25(2,3)4/h7-10,12,16H,5-6,11,13-14H2,1-4H3,(H,27,31). The number of ether oxygens (including phenoxy) is 1. The monoisotopic (exact) mass is 468 g/mol. The molecule has 180 valence electrons. The van der Waals surface area contributed by atoms with Crippen molar-refractivity contribution < 1.29 is 23.2 Å². The Labute approximate surface area is 197 Å². The number of aromatic nitrogens is 2. The first-order valence-corrected chi connectivity index (χ1v) is 11.4. The molecule has 1 N–H and O–H groups in total. The number of nitrogens with zero attached hydrogens (tertiary/aromatic N) is 3. The third-order valence-corrected chi connectivity index (χ3v) is 5.72. The number of likely N-dealkylation sites (tertiary alicyclic amines) is 1. The van der Waals surface area contributed by atoms with Crippen LogP contribution in [0.1, 0.15) is 49.7 Å². The highest BCUT2D eigenvalue weighted by molar-refractivity contribution is 6.07. The normalized spacial score (nSPS) is 16.5. The molecule has 9 heteroatoms. The van der Waals surface area contributed by atoms with Gasteiger partial charge in [0.15, 0.2) is 0 Å². The lowest BCUT2D eigenvalue weighted by Crippen LogP contribution is -2.45. The minimum absolute atomic E-state index is 0.114. The van der Waals surface area contributed by atoms with Gasteiger partial charge in [-0.1, -0.05) is 5.16 Å². The van der Waals surface area contributed by atoms with Crippen LogP contribution >= 0.6 is 0 Å². The Morgan fingerprint density at radius 1 is 1.26 bits per heavy atom. The minimum Gasteiger partial charge on any atom is -0.444 e. The van der Waals surface area contributed by atoms with E-state index in [-0.39, 0.29) is 29.4 Å². The van der Waals surface area contributed by atoms with Crippen LogP contribution in [0.4, 0.5) is 9.18 Å². The van der Waals surface area contributed by atoms with Gasteiger partial charge in [0.1, 0.15) is 11.4 Å². The molecule has 8 nitrogen and oxygen atoms in total. The Hall–Kier alpha value is -3.49. The maximum atomic E-state index is 13.4. The molecule has 0 bridgehead atoms. The van der Waals surface area contributed by atoms with Crippen molar-refractivity contribution in [3.8, 4) is 11.3 Å². The van der Waals surface area contributed by atoms with E-state index in [0.717, 1.165) is 12.8 Å². The number of hydrogen-bond donors (Lipinski definition) is 1. The van der Waals surface area contributed by atoms with Gasteiger partial charge in [-0.15, -0.1) is 0 Å². The Morgan fingerprint density at radius 2 is 2.00 bits per heavy atom. The number of nitrogens with one attached hydrogen (secondary N) is 1. The van der Waals surface area contributed by atoms with E-state index < -0.39 is 5.60 Å². The SMILES string of the molecule is Cc1noc2nc(-c3ccc(F)cc3)cc(C(=O)NCC3CCCN(C(=O)OC(C)(C)C)C3)c12. The summed E-state index contributed by atoms with van der Waals surface area (Å²) in [5.41, 5.74) is 1.80. The van der Waals surface area contributed by atoms with Crippen molar-refractivity contribution in [2.75, 3.05) is 19.6 Å². The molecule has 1 aliphatic rings. The Bertz CT molecular complexity index is 1200. The van der Waals surface area contributed by atoms with E-state index in [1.165, 1.54) is 12.1 Å². The van der Waals surface area contributed by atoms with Gasteiger partial charge in [0, 0.05) is 25.2 Å². The number of rotatable bonds is 4. The molecule has 0 radical (unpaired) electrons. The molecule has 3 heterocycles. The average molecular weight is 469 g/mol. The van der Waals surface area contributed by atoms with Gasteiger partial charge in [-0.2, -0.15) is 0 Å². The summed E-state index contributed by atoms with van der Waals surface area (Å²) in [4.78, 5) is 31.8. The van der Waals surface area contributed by atoms with Gasteiger partial charge in [0.25, 0.3) is 11.6 Å². The van der Waals surface area contributed by atoms with Crippen molar-refractivity contribution in [1.82, 2.24) is 20.4 Å². The fraction of sp³-hybridized carbons (Fsp3) is 0.440. The largest absolute Gasteiger partial charge is 0.444 e. The summed E-state index contributed by atoms with van der Waals surface area (Å²) < 4.78 is 24.2. The average Bonchev–Trinajstić information content (AvgIpc) is 3.17. The van der Waals surface area contributed by atoms with Gasteiger partial charge in [-0.25, -0.2) is 14.2 Å². The predicted molar refractivity (Wildman–Crippen MR) is 125 cm³/mol. The maximum absolute atomic E-state index is 13.4. The molecule has 1 saturated heterocycles. The molecular formula is C25H29FN4O4. The van der Waals surface area contributed by atoms with Gasteiger partial charge < -0.3 is 19.5 Å². The second kappa shape index (κ2) is 9.40. The summed E-state index contributed by atoms with van der Waals surface area (Å²) in [6.07, 6.45) is 1.42. The van der Waals surface area contributed by atoms with E-state index in [9.17, 15) is 14.0 Å². The highest BCUT2D eigenvalue weighted by Gasteiger charge is 2.28. The number of pyridine rings is 1. The molecule has 1 aromatic carbocycles. The van der Waals surface area contributed by atoms with E-state index in [4.69, 9.17) is 9.26 Å². The second-order valence-electron chi connectivity index (χ2n) is 9.65. The summed E-state index contributed by atoms with van der Waals surface area (Å²) in [5.74, 6) is -0.523. The number of hydrogen-bond acceptors (Lipinski definition) is 6. The van der Waals surface area contributed by atoms with Crippen LogP contribution in [0.5, 0.6) is 0 Å². The number of benzene rings is 1. The summed E-state index contributed by atoms with van der Waals surface area (Å²) in [7, 11) is 0. The molecule has 0 aliphatic carbocycles. The van der Waals surface area contributed by atoms with Crippen molar-refractivity contribution in [3.63, 3.8) is 0 Å². The predicted octanol–water partition coefficient (Wildman–Crippen LogP) is 4.71. The molecule has 4 rings (SSSR count).